The van der Waals surface area contributed by atoms with Crippen LogP contribution in [0, 0.1) is 14.9 Å². The van der Waals surface area contributed by atoms with E-state index < -0.39 is 0 Å². The lowest BCUT2D eigenvalue weighted by atomic mass is 9.83. The molecule has 1 atom stereocenters. The number of aryl methyl sites for hydroxylation is 1. The molecule has 9 heteroatoms. The van der Waals surface area contributed by atoms with Crippen LogP contribution >= 0.6 is 45.5 Å². The van der Waals surface area contributed by atoms with Gasteiger partial charge in [-0.3, -0.25) is 9.36 Å². The van der Waals surface area contributed by atoms with Crippen molar-refractivity contribution in [2.75, 3.05) is 7.11 Å². The highest BCUT2D eigenvalue weighted by Gasteiger charge is 2.33. The molecule has 2 heterocycles. The molecule has 0 N–H and O–H groups in total. The molecule has 222 valence electrons. The Bertz CT molecular complexity index is 2250. The molecule has 2 aliphatic rings. The Balaban J connectivity index is 1.33. The lowest BCUT2D eigenvalue weighted by Crippen LogP contribution is -2.38. The maximum absolute atomic E-state index is 14.2. The van der Waals surface area contributed by atoms with Crippen LogP contribution in [0.3, 0.4) is 0 Å². The van der Waals surface area contributed by atoms with E-state index in [0.29, 0.717) is 31.4 Å². The summed E-state index contributed by atoms with van der Waals surface area (Å²) in [5.74, 6) is 1.12. The molecule has 0 fully saturated rings. The minimum Gasteiger partial charge on any atom is -0.493 e. The van der Waals surface area contributed by atoms with Crippen LogP contribution < -0.4 is 24.4 Å². The van der Waals surface area contributed by atoms with Gasteiger partial charge >= 0.3 is 0 Å². The summed E-state index contributed by atoms with van der Waals surface area (Å²) in [5.41, 5.74) is 7.36. The van der Waals surface area contributed by atoms with Crippen molar-refractivity contribution in [2.24, 2.45) is 4.99 Å². The van der Waals surface area contributed by atoms with Gasteiger partial charge < -0.3 is 9.47 Å². The van der Waals surface area contributed by atoms with Gasteiger partial charge in [-0.2, -0.15) is 5.26 Å². The fraction of sp³-hybridized carbons (Fsp3) is 0.139. The van der Waals surface area contributed by atoms with Gasteiger partial charge in [0.15, 0.2) is 16.3 Å². The summed E-state index contributed by atoms with van der Waals surface area (Å²) in [6.45, 7) is 0.226. The molecule has 0 spiro atoms. The lowest BCUT2D eigenvalue weighted by molar-refractivity contribution is 0.282. The van der Waals surface area contributed by atoms with Crippen LogP contribution in [0.5, 0.6) is 11.5 Å². The zero-order chi connectivity index (χ0) is 31.1. The quantitative estimate of drug-likeness (QED) is 0.175. The maximum atomic E-state index is 14.2. The first-order valence-corrected chi connectivity index (χ1v) is 16.6. The Morgan fingerprint density at radius 1 is 1.09 bits per heavy atom. The van der Waals surface area contributed by atoms with Gasteiger partial charge in [0, 0.05) is 16.1 Å². The molecule has 1 aliphatic carbocycles. The molecule has 7 rings (SSSR count). The van der Waals surface area contributed by atoms with E-state index in [4.69, 9.17) is 26.1 Å². The number of thiazole rings is 1. The van der Waals surface area contributed by atoms with Gasteiger partial charge in [0.25, 0.3) is 5.56 Å². The van der Waals surface area contributed by atoms with E-state index in [-0.39, 0.29) is 18.2 Å². The number of aromatic nitrogens is 1. The van der Waals surface area contributed by atoms with E-state index in [1.54, 1.807) is 17.7 Å². The first-order chi connectivity index (χ1) is 22.0. The third-order valence-electron chi connectivity index (χ3n) is 8.13. The second-order valence-electron chi connectivity index (χ2n) is 10.7. The van der Waals surface area contributed by atoms with Crippen LogP contribution in [-0.2, 0) is 13.0 Å². The Kier molecular flexibility index (Phi) is 8.08. The molecule has 45 heavy (non-hydrogen) atoms. The minimum absolute atomic E-state index is 0.114. The summed E-state index contributed by atoms with van der Waals surface area (Å²) < 4.78 is 15.0. The minimum atomic E-state index is -0.345. The molecule has 6 nitrogen and oxygen atoms in total. The summed E-state index contributed by atoms with van der Waals surface area (Å²) in [6, 6.07) is 29.1. The fourth-order valence-corrected chi connectivity index (χ4v) is 8.04. The van der Waals surface area contributed by atoms with Crippen molar-refractivity contribution in [2.45, 2.75) is 25.5 Å². The van der Waals surface area contributed by atoms with Crippen molar-refractivity contribution >= 4 is 57.3 Å². The molecular weight excluding hydrogens is 717 g/mol. The Hall–Kier alpha value is -4.17. The summed E-state index contributed by atoms with van der Waals surface area (Å²) >= 11 is 10.4. The van der Waals surface area contributed by atoms with Gasteiger partial charge in [0.1, 0.15) is 6.61 Å². The largest absolute Gasteiger partial charge is 0.493 e. The molecule has 1 aromatic heterocycles. The van der Waals surface area contributed by atoms with Crippen LogP contribution in [0.25, 0.3) is 11.8 Å². The average molecular weight is 742 g/mol. The molecular formula is C36H25ClIN3O3S. The predicted octanol–water partition coefficient (Wildman–Crippen LogP) is 7.04. The monoisotopic (exact) mass is 741 g/mol. The zero-order valence-corrected chi connectivity index (χ0v) is 27.8. The number of methoxy groups -OCH3 is 1. The number of nitriles is 1. The highest BCUT2D eigenvalue weighted by atomic mass is 127. The van der Waals surface area contributed by atoms with Crippen LogP contribution in [0.4, 0.5) is 0 Å². The van der Waals surface area contributed by atoms with Crippen molar-refractivity contribution in [3.8, 4) is 17.6 Å². The normalized spacial score (nSPS) is 15.4. The molecule has 0 amide bonds. The van der Waals surface area contributed by atoms with Crippen molar-refractivity contribution in [1.29, 1.82) is 5.26 Å². The van der Waals surface area contributed by atoms with Gasteiger partial charge in [-0.25, -0.2) is 4.99 Å². The number of benzene rings is 4. The molecule has 0 bridgehead atoms. The highest BCUT2D eigenvalue weighted by molar-refractivity contribution is 14.1. The van der Waals surface area contributed by atoms with Crippen molar-refractivity contribution in [3.63, 3.8) is 0 Å². The Morgan fingerprint density at radius 3 is 2.69 bits per heavy atom. The fourth-order valence-electron chi connectivity index (χ4n) is 6.02. The molecule has 0 unspecified atom stereocenters. The maximum Gasteiger partial charge on any atom is 0.271 e. The van der Waals surface area contributed by atoms with E-state index in [1.807, 2.05) is 66.7 Å². The van der Waals surface area contributed by atoms with Crippen LogP contribution in [0.2, 0.25) is 5.02 Å². The number of hydrogen-bond donors (Lipinski definition) is 0. The number of nitrogens with zero attached hydrogens (tertiary/aromatic N) is 3. The van der Waals surface area contributed by atoms with Crippen LogP contribution in [0.15, 0.2) is 100 Å². The average Bonchev–Trinajstić information content (AvgIpc) is 3.37. The van der Waals surface area contributed by atoms with E-state index in [0.717, 1.165) is 49.9 Å². The molecule has 5 aromatic rings. The third-order valence-corrected chi connectivity index (χ3v) is 10.3. The molecule has 0 saturated heterocycles. The lowest BCUT2D eigenvalue weighted by Gasteiger charge is -2.31. The number of allylic oxidation sites excluding steroid dienone is 1. The first-order valence-electron chi connectivity index (χ1n) is 14.3. The van der Waals surface area contributed by atoms with E-state index in [1.165, 1.54) is 16.9 Å². The number of fused-ring (bicyclic) bond motifs is 3. The molecule has 0 saturated carbocycles. The van der Waals surface area contributed by atoms with Crippen LogP contribution in [0.1, 0.15) is 45.8 Å². The topological polar surface area (TPSA) is 76.6 Å². The second-order valence-corrected chi connectivity index (χ2v) is 13.3. The van der Waals surface area contributed by atoms with Crippen LogP contribution in [-0.4, -0.2) is 11.7 Å². The predicted molar refractivity (Wildman–Crippen MR) is 185 cm³/mol. The summed E-state index contributed by atoms with van der Waals surface area (Å²) in [7, 11) is 1.59. The van der Waals surface area contributed by atoms with Gasteiger partial charge in [0.2, 0.25) is 0 Å². The first kappa shape index (κ1) is 29.5. The Morgan fingerprint density at radius 2 is 1.87 bits per heavy atom. The zero-order valence-electron chi connectivity index (χ0n) is 24.1. The van der Waals surface area contributed by atoms with Crippen molar-refractivity contribution in [3.05, 3.63) is 152 Å². The number of halogens is 2. The van der Waals surface area contributed by atoms with E-state index in [2.05, 4.69) is 46.9 Å². The standard InChI is InChI=1S/C36H25ClIN3O3S/c1-43-30-17-21(16-29(38)34(30)44-20-24-10-3-2-9-23(24)19-39)18-31-35(42)41-33(26-12-6-7-13-28(26)37)27-15-14-22-8-4-5-11-25(22)32(27)40-36(41)45-31/h2-13,16-18,33H,14-15,20H2,1H3/b31-18-/t33-/m0/s1. The van der Waals surface area contributed by atoms with E-state index >= 15 is 0 Å². The van der Waals surface area contributed by atoms with Gasteiger partial charge in [-0.1, -0.05) is 83.6 Å². The molecule has 4 aromatic carbocycles. The van der Waals surface area contributed by atoms with Gasteiger partial charge in [0.05, 0.1) is 38.6 Å². The SMILES string of the molecule is COc1cc(/C=c2\sc3n(c2=O)[C@@H](c2ccccc2Cl)C2=C(N=3)c3ccccc3CC2)cc(I)c1OCc1ccccc1C#N. The Labute approximate surface area is 282 Å². The summed E-state index contributed by atoms with van der Waals surface area (Å²) in [5, 5.41) is 10.1. The number of hydrogen-bond acceptors (Lipinski definition) is 6. The van der Waals surface area contributed by atoms with E-state index in [9.17, 15) is 10.1 Å². The number of ether oxygens (including phenoxy) is 2. The number of rotatable bonds is 6. The summed E-state index contributed by atoms with van der Waals surface area (Å²) in [6.07, 6.45) is 3.56. The molecule has 0 radical (unpaired) electrons. The van der Waals surface area contributed by atoms with Crippen molar-refractivity contribution < 1.29 is 9.47 Å². The second kappa shape index (κ2) is 12.3. The molecule has 1 aliphatic heterocycles. The third kappa shape index (κ3) is 5.39. The van der Waals surface area contributed by atoms with Crippen molar-refractivity contribution in [1.82, 2.24) is 4.57 Å². The van der Waals surface area contributed by atoms with Gasteiger partial charge in [-0.05, 0) is 88.0 Å². The summed E-state index contributed by atoms with van der Waals surface area (Å²) in [4.78, 5) is 19.9. The smallest absolute Gasteiger partial charge is 0.271 e. The highest BCUT2D eigenvalue weighted by Crippen LogP contribution is 2.42. The van der Waals surface area contributed by atoms with Gasteiger partial charge in [-0.15, -0.1) is 0 Å².